The number of hydrogen-bond donors (Lipinski definition) is 2. The smallest absolute Gasteiger partial charge is 0.323 e. The van der Waals surface area contributed by atoms with E-state index in [4.69, 9.17) is 19.8 Å². The predicted octanol–water partition coefficient (Wildman–Crippen LogP) is 3.60. The number of oxime groups is 1. The number of fused-ring (bicyclic) bond motifs is 1. The van der Waals surface area contributed by atoms with Crippen molar-refractivity contribution in [2.24, 2.45) is 11.1 Å². The Hall–Kier alpha value is -2.36. The molecular weight excluding hydrogens is 457 g/mol. The molecule has 0 aromatic carbocycles. The Morgan fingerprint density at radius 3 is 2.71 bits per heavy atom. The minimum Gasteiger partial charge on any atom is -0.462 e. The fraction of sp³-hybridized carbons (Fsp3) is 0.682. The second-order valence-electron chi connectivity index (χ2n) is 8.95. The summed E-state index contributed by atoms with van der Waals surface area (Å²) in [6.45, 7) is 9.87. The van der Waals surface area contributed by atoms with E-state index in [-0.39, 0.29) is 24.5 Å². The Kier molecular flexibility index (Phi) is 9.55. The largest absolute Gasteiger partial charge is 0.462 e. The molecule has 188 valence electrons. The normalized spacial score (nSPS) is 17.8. The van der Waals surface area contributed by atoms with Crippen LogP contribution in [-0.4, -0.2) is 55.8 Å². The van der Waals surface area contributed by atoms with E-state index >= 15 is 0 Å². The van der Waals surface area contributed by atoms with Gasteiger partial charge >= 0.3 is 5.97 Å². The van der Waals surface area contributed by atoms with Crippen molar-refractivity contribution in [3.05, 3.63) is 12.7 Å². The van der Waals surface area contributed by atoms with Crippen LogP contribution in [-0.2, 0) is 25.4 Å². The van der Waals surface area contributed by atoms with E-state index in [0.29, 0.717) is 29.4 Å². The van der Waals surface area contributed by atoms with Crippen molar-refractivity contribution >= 4 is 37.0 Å². The third-order valence-corrected chi connectivity index (χ3v) is 6.97. The van der Waals surface area contributed by atoms with E-state index in [2.05, 4.69) is 25.2 Å². The van der Waals surface area contributed by atoms with Gasteiger partial charge in [-0.3, -0.25) is 4.79 Å². The molecule has 0 radical (unpaired) electrons. The zero-order chi connectivity index (χ0) is 24.7. The van der Waals surface area contributed by atoms with Crippen LogP contribution in [0.1, 0.15) is 60.3 Å². The molecule has 12 heteroatoms. The van der Waals surface area contributed by atoms with Gasteiger partial charge in [-0.05, 0) is 47.5 Å². The second kappa shape index (κ2) is 12.4. The number of rotatable bonds is 12. The molecule has 2 aromatic heterocycles. The SMILES string of the molecule is C/C(=N\OP(CO[C@H](C)Cn1cnc2c(N)ncnc21)N[C@@H](C)C(=O)OC(C)C)C1CCCC1. The Morgan fingerprint density at radius 2 is 2.00 bits per heavy atom. The van der Waals surface area contributed by atoms with Crippen molar-refractivity contribution < 1.29 is 18.9 Å². The second-order valence-corrected chi connectivity index (χ2v) is 10.4. The molecule has 0 amide bonds. The lowest BCUT2D eigenvalue weighted by Gasteiger charge is -2.23. The molecular formula is C22H36N7O4P. The average molecular weight is 494 g/mol. The first kappa shape index (κ1) is 26.2. The quantitative estimate of drug-likeness (QED) is 0.196. The molecule has 11 nitrogen and oxygen atoms in total. The van der Waals surface area contributed by atoms with Crippen molar-refractivity contribution in [2.75, 3.05) is 12.1 Å². The fourth-order valence-electron chi connectivity index (χ4n) is 3.78. The van der Waals surface area contributed by atoms with Crippen LogP contribution in [0.15, 0.2) is 17.8 Å². The summed E-state index contributed by atoms with van der Waals surface area (Å²) < 4.78 is 19.1. The van der Waals surface area contributed by atoms with Crippen LogP contribution in [0.3, 0.4) is 0 Å². The molecule has 0 aliphatic heterocycles. The minimum absolute atomic E-state index is 0.179. The molecule has 1 fully saturated rings. The van der Waals surface area contributed by atoms with Gasteiger partial charge in [0.1, 0.15) is 24.2 Å². The average Bonchev–Trinajstić information content (AvgIpc) is 3.46. The highest BCUT2D eigenvalue weighted by molar-refractivity contribution is 7.50. The number of imidazole rings is 1. The monoisotopic (exact) mass is 493 g/mol. The van der Waals surface area contributed by atoms with Crippen LogP contribution in [0.25, 0.3) is 11.2 Å². The number of carbonyl (C=O) groups is 1. The van der Waals surface area contributed by atoms with E-state index in [0.717, 1.165) is 18.6 Å². The molecule has 1 saturated carbocycles. The van der Waals surface area contributed by atoms with Crippen molar-refractivity contribution in [1.29, 1.82) is 0 Å². The lowest BCUT2D eigenvalue weighted by Crippen LogP contribution is -2.34. The van der Waals surface area contributed by atoms with Crippen LogP contribution in [0.4, 0.5) is 5.82 Å². The Balaban J connectivity index is 1.61. The maximum absolute atomic E-state index is 12.3. The third-order valence-electron chi connectivity index (χ3n) is 5.63. The molecule has 1 unspecified atom stereocenters. The Labute approximate surface area is 201 Å². The summed E-state index contributed by atoms with van der Waals surface area (Å²) in [5, 5.41) is 7.59. The van der Waals surface area contributed by atoms with Gasteiger partial charge < -0.3 is 24.4 Å². The highest BCUT2D eigenvalue weighted by Gasteiger charge is 2.24. The van der Waals surface area contributed by atoms with Crippen molar-refractivity contribution in [2.45, 2.75) is 85.1 Å². The van der Waals surface area contributed by atoms with Gasteiger partial charge in [0.05, 0.1) is 30.8 Å². The first-order valence-corrected chi connectivity index (χ1v) is 13.2. The van der Waals surface area contributed by atoms with Crippen molar-refractivity contribution in [3.8, 4) is 0 Å². The van der Waals surface area contributed by atoms with Gasteiger partial charge in [-0.25, -0.2) is 20.0 Å². The number of nitrogens with two attached hydrogens (primary N) is 1. The zero-order valence-corrected chi connectivity index (χ0v) is 21.5. The molecule has 0 saturated heterocycles. The molecule has 1 aliphatic carbocycles. The number of nitrogen functional groups attached to an aromatic ring is 1. The summed E-state index contributed by atoms with van der Waals surface area (Å²) in [5.41, 5.74) is 8.08. The predicted molar refractivity (Wildman–Crippen MR) is 132 cm³/mol. The number of esters is 1. The first-order chi connectivity index (χ1) is 16.2. The summed E-state index contributed by atoms with van der Waals surface area (Å²) in [6, 6.07) is -0.549. The number of carbonyl (C=O) groups excluding carboxylic acids is 1. The molecule has 3 N–H and O–H groups in total. The van der Waals surface area contributed by atoms with E-state index < -0.39 is 14.3 Å². The van der Waals surface area contributed by atoms with Crippen LogP contribution < -0.4 is 10.8 Å². The maximum atomic E-state index is 12.3. The number of hydrogen-bond acceptors (Lipinski definition) is 10. The highest BCUT2D eigenvalue weighted by atomic mass is 31.2. The van der Waals surface area contributed by atoms with E-state index in [1.54, 1.807) is 13.3 Å². The van der Waals surface area contributed by atoms with Crippen molar-refractivity contribution in [3.63, 3.8) is 0 Å². The fourth-order valence-corrected chi connectivity index (χ4v) is 5.10. The van der Waals surface area contributed by atoms with E-state index in [1.807, 2.05) is 32.3 Å². The van der Waals surface area contributed by atoms with Gasteiger partial charge in [-0.15, -0.1) is 0 Å². The molecule has 0 bridgehead atoms. The first-order valence-electron chi connectivity index (χ1n) is 11.7. The number of aromatic nitrogens is 4. The van der Waals surface area contributed by atoms with Gasteiger partial charge in [0.25, 0.3) is 0 Å². The summed E-state index contributed by atoms with van der Waals surface area (Å²) in [6.07, 6.45) is 7.70. The van der Waals surface area contributed by atoms with Crippen LogP contribution >= 0.6 is 8.30 Å². The summed E-state index contributed by atoms with van der Waals surface area (Å²) in [7, 11) is -1.37. The maximum Gasteiger partial charge on any atom is 0.323 e. The van der Waals surface area contributed by atoms with Gasteiger partial charge in [0.2, 0.25) is 8.30 Å². The van der Waals surface area contributed by atoms with Crippen LogP contribution in [0, 0.1) is 5.92 Å². The topological polar surface area (TPSA) is 139 Å². The molecule has 3 rings (SSSR count). The third kappa shape index (κ3) is 7.32. The van der Waals surface area contributed by atoms with Gasteiger partial charge in [0, 0.05) is 5.92 Å². The molecule has 3 atom stereocenters. The minimum atomic E-state index is -1.37. The molecule has 2 aromatic rings. The number of anilines is 1. The van der Waals surface area contributed by atoms with Crippen LogP contribution in [0.2, 0.25) is 0 Å². The van der Waals surface area contributed by atoms with Gasteiger partial charge in [-0.2, -0.15) is 0 Å². The standard InChI is InChI=1S/C22H36N7O4P/c1-14(2)32-22(30)17(5)28-34(33-27-16(4)18-8-6-7-9-18)13-31-15(3)10-29-12-26-19-20(23)24-11-25-21(19)29/h11-12,14-15,17-18,28H,6-10,13H2,1-5H3,(H2,23,24,25)/b27-16+/t15-,17+,34?/m1/s1. The van der Waals surface area contributed by atoms with Gasteiger partial charge in [-0.1, -0.05) is 18.0 Å². The zero-order valence-electron chi connectivity index (χ0n) is 20.6. The Bertz CT molecular complexity index is 977. The van der Waals surface area contributed by atoms with Crippen molar-refractivity contribution in [1.82, 2.24) is 24.6 Å². The van der Waals surface area contributed by atoms with Gasteiger partial charge in [0.15, 0.2) is 11.5 Å². The van der Waals surface area contributed by atoms with E-state index in [1.165, 1.54) is 19.2 Å². The summed E-state index contributed by atoms with van der Waals surface area (Å²) >= 11 is 0. The van der Waals surface area contributed by atoms with Crippen LogP contribution in [0.5, 0.6) is 0 Å². The molecule has 0 spiro atoms. The lowest BCUT2D eigenvalue weighted by atomic mass is 10.0. The Morgan fingerprint density at radius 1 is 1.26 bits per heavy atom. The molecule has 34 heavy (non-hydrogen) atoms. The summed E-state index contributed by atoms with van der Waals surface area (Å²) in [5.74, 6) is 0.470. The number of nitrogens with one attached hydrogen (secondary N) is 1. The highest BCUT2D eigenvalue weighted by Crippen LogP contribution is 2.35. The molecule has 2 heterocycles. The molecule has 1 aliphatic rings. The number of ether oxygens (including phenoxy) is 2. The number of nitrogens with zero attached hydrogens (tertiary/aromatic N) is 5. The lowest BCUT2D eigenvalue weighted by molar-refractivity contribution is -0.148. The van der Waals surface area contributed by atoms with E-state index in [9.17, 15) is 4.79 Å². The summed E-state index contributed by atoms with van der Waals surface area (Å²) in [4.78, 5) is 24.8.